The summed E-state index contributed by atoms with van der Waals surface area (Å²) in [7, 11) is -3.10. The molecule has 0 saturated carbocycles. The van der Waals surface area contributed by atoms with Crippen molar-refractivity contribution in [3.63, 3.8) is 0 Å². The molecule has 2 rings (SSSR count). The first-order valence-corrected chi connectivity index (χ1v) is 7.49. The zero-order valence-electron chi connectivity index (χ0n) is 9.48. The third kappa shape index (κ3) is 2.08. The highest BCUT2D eigenvalue weighted by molar-refractivity contribution is 7.92. The first-order chi connectivity index (χ1) is 7.52. The van der Waals surface area contributed by atoms with E-state index in [1.165, 1.54) is 0 Å². The first-order valence-electron chi connectivity index (χ1n) is 5.78. The number of carbonyl (C=O) groups excluding carboxylic acids is 1. The Labute approximate surface area is 96.1 Å². The number of hydrogen-bond donors (Lipinski definition) is 1. The van der Waals surface area contributed by atoms with Crippen molar-refractivity contribution in [2.45, 2.75) is 37.6 Å². The fourth-order valence-corrected chi connectivity index (χ4v) is 4.42. The molecule has 0 bridgehead atoms. The average molecular weight is 246 g/mol. The van der Waals surface area contributed by atoms with Gasteiger partial charge in [-0.15, -0.1) is 0 Å². The molecule has 0 aromatic carbocycles. The van der Waals surface area contributed by atoms with Gasteiger partial charge in [-0.2, -0.15) is 0 Å². The molecule has 2 heterocycles. The van der Waals surface area contributed by atoms with Gasteiger partial charge >= 0.3 is 0 Å². The third-order valence-electron chi connectivity index (χ3n) is 3.35. The average Bonchev–Trinajstić information content (AvgIpc) is 2.22. The van der Waals surface area contributed by atoms with Crippen molar-refractivity contribution in [1.29, 1.82) is 0 Å². The minimum Gasteiger partial charge on any atom is -0.323 e. The minimum absolute atomic E-state index is 0.0817. The summed E-state index contributed by atoms with van der Waals surface area (Å²) in [5.41, 5.74) is 0. The summed E-state index contributed by atoms with van der Waals surface area (Å²) in [6.45, 7) is 2.97. The van der Waals surface area contributed by atoms with E-state index in [1.54, 1.807) is 11.8 Å². The molecule has 92 valence electrons. The Morgan fingerprint density at radius 3 is 2.81 bits per heavy atom. The monoisotopic (exact) mass is 246 g/mol. The molecule has 2 aliphatic rings. The first kappa shape index (κ1) is 11.9. The highest BCUT2D eigenvalue weighted by atomic mass is 32.2. The van der Waals surface area contributed by atoms with E-state index >= 15 is 0 Å². The SMILES string of the molecule is CC1NCCN(C2CCCCS2(=O)=O)C1=O. The smallest absolute Gasteiger partial charge is 0.240 e. The molecule has 2 unspecified atom stereocenters. The van der Waals surface area contributed by atoms with Crippen molar-refractivity contribution in [1.82, 2.24) is 10.2 Å². The Morgan fingerprint density at radius 2 is 2.12 bits per heavy atom. The number of nitrogens with zero attached hydrogens (tertiary/aromatic N) is 1. The van der Waals surface area contributed by atoms with Gasteiger partial charge in [0, 0.05) is 13.1 Å². The lowest BCUT2D eigenvalue weighted by Gasteiger charge is -2.38. The Bertz CT molecular complexity index is 380. The molecule has 2 aliphatic heterocycles. The van der Waals surface area contributed by atoms with Crippen LogP contribution in [-0.4, -0.2) is 49.5 Å². The number of sulfone groups is 1. The summed E-state index contributed by atoms with van der Waals surface area (Å²) in [5, 5.41) is 2.47. The Hall–Kier alpha value is -0.620. The van der Waals surface area contributed by atoms with E-state index in [2.05, 4.69) is 5.32 Å². The van der Waals surface area contributed by atoms with Crippen LogP contribution in [0.5, 0.6) is 0 Å². The number of amides is 1. The van der Waals surface area contributed by atoms with Crippen LogP contribution in [0.2, 0.25) is 0 Å². The highest BCUT2D eigenvalue weighted by Crippen LogP contribution is 2.24. The largest absolute Gasteiger partial charge is 0.323 e. The summed E-state index contributed by atoms with van der Waals surface area (Å²) < 4.78 is 23.8. The van der Waals surface area contributed by atoms with Crippen LogP contribution in [0.3, 0.4) is 0 Å². The normalized spacial score (nSPS) is 35.1. The van der Waals surface area contributed by atoms with Crippen LogP contribution in [-0.2, 0) is 14.6 Å². The second-order valence-corrected chi connectivity index (χ2v) is 6.80. The zero-order chi connectivity index (χ0) is 11.8. The lowest BCUT2D eigenvalue weighted by molar-refractivity contribution is -0.136. The highest BCUT2D eigenvalue weighted by Gasteiger charge is 2.39. The molecular weight excluding hydrogens is 228 g/mol. The van der Waals surface area contributed by atoms with Gasteiger partial charge in [0.25, 0.3) is 0 Å². The maximum Gasteiger partial charge on any atom is 0.240 e. The molecule has 2 atom stereocenters. The van der Waals surface area contributed by atoms with Crippen LogP contribution >= 0.6 is 0 Å². The molecule has 6 heteroatoms. The predicted molar refractivity (Wildman–Crippen MR) is 60.6 cm³/mol. The molecule has 0 aromatic rings. The second-order valence-electron chi connectivity index (χ2n) is 4.52. The van der Waals surface area contributed by atoms with Gasteiger partial charge in [0.15, 0.2) is 9.84 Å². The van der Waals surface area contributed by atoms with Crippen LogP contribution in [0.1, 0.15) is 26.2 Å². The number of piperazine rings is 1. The topological polar surface area (TPSA) is 66.5 Å². The van der Waals surface area contributed by atoms with E-state index in [4.69, 9.17) is 0 Å². The van der Waals surface area contributed by atoms with Crippen LogP contribution in [0.4, 0.5) is 0 Å². The molecule has 0 spiro atoms. The van der Waals surface area contributed by atoms with Gasteiger partial charge in [0.2, 0.25) is 5.91 Å². The molecule has 0 aliphatic carbocycles. The van der Waals surface area contributed by atoms with Gasteiger partial charge in [-0.25, -0.2) is 8.42 Å². The van der Waals surface area contributed by atoms with E-state index in [1.807, 2.05) is 0 Å². The molecular formula is C10H18N2O3S. The standard InChI is InChI=1S/C10H18N2O3S/c1-8-10(13)12(6-5-11-8)9-4-2-3-7-16(9,14)15/h8-9,11H,2-7H2,1H3. The van der Waals surface area contributed by atoms with Gasteiger partial charge in [-0.05, 0) is 26.2 Å². The molecule has 16 heavy (non-hydrogen) atoms. The minimum atomic E-state index is -3.10. The van der Waals surface area contributed by atoms with Gasteiger partial charge in [-0.1, -0.05) is 0 Å². The van der Waals surface area contributed by atoms with Crippen molar-refractivity contribution in [3.05, 3.63) is 0 Å². The lowest BCUT2D eigenvalue weighted by atomic mass is 10.2. The summed E-state index contributed by atoms with van der Waals surface area (Å²) >= 11 is 0. The molecule has 5 nitrogen and oxygen atoms in total. The van der Waals surface area contributed by atoms with Crippen molar-refractivity contribution in [2.75, 3.05) is 18.8 Å². The number of rotatable bonds is 1. The third-order valence-corrected chi connectivity index (χ3v) is 5.53. The Balaban J connectivity index is 2.19. The van der Waals surface area contributed by atoms with Crippen molar-refractivity contribution < 1.29 is 13.2 Å². The second kappa shape index (κ2) is 4.33. The number of nitrogens with one attached hydrogen (secondary N) is 1. The summed E-state index contributed by atoms with van der Waals surface area (Å²) in [5.74, 6) is 0.144. The maximum absolute atomic E-state index is 11.9. The summed E-state index contributed by atoms with van der Waals surface area (Å²) in [6.07, 6.45) is 2.23. The van der Waals surface area contributed by atoms with E-state index in [9.17, 15) is 13.2 Å². The molecule has 2 fully saturated rings. The van der Waals surface area contributed by atoms with Crippen LogP contribution < -0.4 is 5.32 Å². The van der Waals surface area contributed by atoms with Crippen LogP contribution in [0.15, 0.2) is 0 Å². The van der Waals surface area contributed by atoms with Crippen LogP contribution in [0.25, 0.3) is 0 Å². The lowest BCUT2D eigenvalue weighted by Crippen LogP contribution is -2.59. The molecule has 0 aromatic heterocycles. The summed E-state index contributed by atoms with van der Waals surface area (Å²) in [4.78, 5) is 13.5. The molecule has 0 radical (unpaired) electrons. The molecule has 1 N–H and O–H groups in total. The molecule has 2 saturated heterocycles. The fraction of sp³-hybridized carbons (Fsp3) is 0.900. The predicted octanol–water partition coefficient (Wildman–Crippen LogP) is -0.268. The van der Waals surface area contributed by atoms with Gasteiger partial charge in [0.05, 0.1) is 11.8 Å². The van der Waals surface area contributed by atoms with Gasteiger partial charge < -0.3 is 10.2 Å². The maximum atomic E-state index is 11.9. The number of hydrogen-bond acceptors (Lipinski definition) is 4. The van der Waals surface area contributed by atoms with Gasteiger partial charge in [0.1, 0.15) is 5.37 Å². The van der Waals surface area contributed by atoms with E-state index in [0.717, 1.165) is 12.8 Å². The van der Waals surface area contributed by atoms with Crippen molar-refractivity contribution >= 4 is 15.7 Å². The number of carbonyl (C=O) groups is 1. The van der Waals surface area contributed by atoms with E-state index in [0.29, 0.717) is 19.5 Å². The summed E-state index contributed by atoms with van der Waals surface area (Å²) in [6, 6.07) is -0.258. The Kier molecular flexibility index (Phi) is 3.21. The molecule has 1 amide bonds. The Morgan fingerprint density at radius 1 is 1.38 bits per heavy atom. The van der Waals surface area contributed by atoms with E-state index < -0.39 is 15.2 Å². The van der Waals surface area contributed by atoms with Gasteiger partial charge in [-0.3, -0.25) is 4.79 Å². The zero-order valence-corrected chi connectivity index (χ0v) is 10.3. The quantitative estimate of drug-likeness (QED) is 0.692. The van der Waals surface area contributed by atoms with Crippen LogP contribution in [0, 0.1) is 0 Å². The van der Waals surface area contributed by atoms with Crippen molar-refractivity contribution in [2.24, 2.45) is 0 Å². The van der Waals surface area contributed by atoms with E-state index in [-0.39, 0.29) is 17.7 Å². The van der Waals surface area contributed by atoms with Crippen molar-refractivity contribution in [3.8, 4) is 0 Å². The fourth-order valence-electron chi connectivity index (χ4n) is 2.42.